The molecule has 8 nitrogen and oxygen atoms in total. The van der Waals surface area contributed by atoms with Crippen LogP contribution in [0.4, 0.5) is 0 Å². The van der Waals surface area contributed by atoms with Crippen LogP contribution < -0.4 is 5.69 Å². The lowest BCUT2D eigenvalue weighted by atomic mass is 10.0. The van der Waals surface area contributed by atoms with E-state index in [1.54, 1.807) is 15.3 Å². The van der Waals surface area contributed by atoms with E-state index in [2.05, 4.69) is 32.5 Å². The van der Waals surface area contributed by atoms with E-state index in [0.717, 1.165) is 40.1 Å². The third kappa shape index (κ3) is 4.65. The largest absolute Gasteiger partial charge is 0.330 e. The summed E-state index contributed by atoms with van der Waals surface area (Å²) < 4.78 is 3.38. The lowest BCUT2D eigenvalue weighted by Gasteiger charge is -2.09. The molecule has 1 N–H and O–H groups in total. The minimum absolute atomic E-state index is 0.129. The topological polar surface area (TPSA) is 94.3 Å². The third-order valence-corrected chi connectivity index (χ3v) is 6.32. The van der Waals surface area contributed by atoms with Crippen LogP contribution in [-0.4, -0.2) is 34.7 Å². The average molecular weight is 486 g/mol. The zero-order chi connectivity index (χ0) is 24.2. The minimum atomic E-state index is -0.129. The standard InChI is InChI=1S/C26H24ClN7O/c1-2-8-23-24(27)34(16-18-9-4-3-5-10-18)26(35)33(23)17-20-14-13-19(15-28-20)21-11-6-7-12-22(21)25-29-31-32-30-25/h3-7,9-15H,2,8,16-17H2,1H3,(H,29,30,31,32). The van der Waals surface area contributed by atoms with Crippen molar-refractivity contribution >= 4 is 11.6 Å². The van der Waals surface area contributed by atoms with Gasteiger partial charge in [0.05, 0.1) is 24.5 Å². The summed E-state index contributed by atoms with van der Waals surface area (Å²) in [5.74, 6) is 0.523. The Bertz CT molecular complexity index is 1470. The molecule has 35 heavy (non-hydrogen) atoms. The van der Waals surface area contributed by atoms with Gasteiger partial charge < -0.3 is 0 Å². The Morgan fingerprint density at radius 3 is 2.37 bits per heavy atom. The van der Waals surface area contributed by atoms with Gasteiger partial charge in [0.15, 0.2) is 0 Å². The number of nitrogens with zero attached hydrogens (tertiary/aromatic N) is 6. The summed E-state index contributed by atoms with van der Waals surface area (Å²) in [4.78, 5) is 18.0. The van der Waals surface area contributed by atoms with Crippen molar-refractivity contribution in [1.82, 2.24) is 34.7 Å². The third-order valence-electron chi connectivity index (χ3n) is 5.90. The summed E-state index contributed by atoms with van der Waals surface area (Å²) in [7, 11) is 0. The molecule has 5 rings (SSSR count). The molecule has 0 spiro atoms. The first-order chi connectivity index (χ1) is 17.2. The number of H-pyrrole nitrogens is 1. The van der Waals surface area contributed by atoms with Crippen molar-refractivity contribution < 1.29 is 0 Å². The van der Waals surface area contributed by atoms with E-state index in [-0.39, 0.29) is 5.69 Å². The molecule has 0 radical (unpaired) electrons. The van der Waals surface area contributed by atoms with Crippen LogP contribution in [-0.2, 0) is 19.5 Å². The molecule has 0 saturated carbocycles. The number of hydrogen-bond donors (Lipinski definition) is 1. The maximum Gasteiger partial charge on any atom is 0.330 e. The zero-order valence-corrected chi connectivity index (χ0v) is 20.0. The summed E-state index contributed by atoms with van der Waals surface area (Å²) >= 11 is 6.70. The van der Waals surface area contributed by atoms with Gasteiger partial charge in [-0.3, -0.25) is 14.1 Å². The van der Waals surface area contributed by atoms with E-state index in [0.29, 0.717) is 30.5 Å². The molecule has 0 bridgehead atoms. The van der Waals surface area contributed by atoms with Gasteiger partial charge in [-0.1, -0.05) is 85.6 Å². The maximum absolute atomic E-state index is 13.3. The van der Waals surface area contributed by atoms with E-state index in [9.17, 15) is 4.79 Å². The SMILES string of the molecule is CCCc1c(Cl)n(Cc2ccccc2)c(=O)n1Cc1ccc(-c2ccccc2-c2nn[nH]n2)cn1. The van der Waals surface area contributed by atoms with Crippen molar-refractivity contribution in [3.05, 3.63) is 106 Å². The summed E-state index contributed by atoms with van der Waals surface area (Å²) in [5, 5.41) is 14.9. The highest BCUT2D eigenvalue weighted by Gasteiger charge is 2.19. The molecule has 0 unspecified atom stereocenters. The number of aromatic nitrogens is 7. The molecule has 0 aliphatic carbocycles. The predicted molar refractivity (Wildman–Crippen MR) is 135 cm³/mol. The lowest BCUT2D eigenvalue weighted by Crippen LogP contribution is -2.26. The summed E-state index contributed by atoms with van der Waals surface area (Å²) in [5.41, 5.74) is 5.25. The number of hydrogen-bond acceptors (Lipinski definition) is 5. The van der Waals surface area contributed by atoms with Gasteiger partial charge in [-0.15, -0.1) is 10.2 Å². The van der Waals surface area contributed by atoms with Crippen molar-refractivity contribution in [2.24, 2.45) is 0 Å². The van der Waals surface area contributed by atoms with E-state index in [4.69, 9.17) is 11.6 Å². The Hall–Kier alpha value is -4.04. The summed E-state index contributed by atoms with van der Waals surface area (Å²) in [6.07, 6.45) is 3.40. The van der Waals surface area contributed by atoms with Crippen molar-refractivity contribution in [3.8, 4) is 22.5 Å². The van der Waals surface area contributed by atoms with Crippen LogP contribution in [0.2, 0.25) is 5.15 Å². The van der Waals surface area contributed by atoms with Gasteiger partial charge >= 0.3 is 5.69 Å². The second-order valence-electron chi connectivity index (χ2n) is 8.25. The number of tetrazole rings is 1. The van der Waals surface area contributed by atoms with Gasteiger partial charge in [0.2, 0.25) is 5.82 Å². The van der Waals surface area contributed by atoms with Crippen LogP contribution in [0.5, 0.6) is 0 Å². The van der Waals surface area contributed by atoms with E-state index in [1.165, 1.54) is 0 Å². The van der Waals surface area contributed by atoms with Gasteiger partial charge in [-0.05, 0) is 28.8 Å². The first-order valence-electron chi connectivity index (χ1n) is 11.5. The number of aromatic amines is 1. The van der Waals surface area contributed by atoms with Crippen molar-refractivity contribution in [2.75, 3.05) is 0 Å². The first-order valence-corrected chi connectivity index (χ1v) is 11.8. The Morgan fingerprint density at radius 1 is 0.914 bits per heavy atom. The lowest BCUT2D eigenvalue weighted by molar-refractivity contribution is 0.655. The van der Waals surface area contributed by atoms with Gasteiger partial charge in [0.25, 0.3) is 0 Å². The maximum atomic E-state index is 13.3. The monoisotopic (exact) mass is 485 g/mol. The van der Waals surface area contributed by atoms with Gasteiger partial charge in [0.1, 0.15) is 5.15 Å². The van der Waals surface area contributed by atoms with Crippen LogP contribution in [0.3, 0.4) is 0 Å². The minimum Gasteiger partial charge on any atom is -0.289 e. The normalized spacial score (nSPS) is 11.1. The Balaban J connectivity index is 1.45. The van der Waals surface area contributed by atoms with Crippen molar-refractivity contribution in [3.63, 3.8) is 0 Å². The number of benzene rings is 2. The van der Waals surface area contributed by atoms with E-state index in [1.807, 2.05) is 66.7 Å². The van der Waals surface area contributed by atoms with Gasteiger partial charge in [0, 0.05) is 17.3 Å². The molecule has 2 aromatic carbocycles. The Kier molecular flexibility index (Phi) is 6.54. The molecule has 5 aromatic rings. The van der Waals surface area contributed by atoms with Crippen molar-refractivity contribution in [1.29, 1.82) is 0 Å². The fraction of sp³-hybridized carbons (Fsp3) is 0.192. The quantitative estimate of drug-likeness (QED) is 0.347. The van der Waals surface area contributed by atoms with E-state index < -0.39 is 0 Å². The number of halogens is 1. The molecule has 0 atom stereocenters. The molecule has 0 amide bonds. The highest BCUT2D eigenvalue weighted by molar-refractivity contribution is 6.30. The summed E-state index contributed by atoms with van der Waals surface area (Å²) in [6, 6.07) is 21.6. The molecule has 9 heteroatoms. The average Bonchev–Trinajstić information content (AvgIpc) is 3.51. The fourth-order valence-electron chi connectivity index (χ4n) is 4.20. The highest BCUT2D eigenvalue weighted by atomic mass is 35.5. The van der Waals surface area contributed by atoms with Gasteiger partial charge in [-0.2, -0.15) is 5.21 Å². The second kappa shape index (κ2) is 10.1. The number of rotatable bonds is 8. The fourth-order valence-corrected chi connectivity index (χ4v) is 4.53. The van der Waals surface area contributed by atoms with Crippen LogP contribution in [0.25, 0.3) is 22.5 Å². The molecule has 0 saturated heterocycles. The number of nitrogens with one attached hydrogen (secondary N) is 1. The zero-order valence-electron chi connectivity index (χ0n) is 19.2. The first kappa shape index (κ1) is 22.7. The van der Waals surface area contributed by atoms with Crippen LogP contribution in [0.15, 0.2) is 77.7 Å². The second-order valence-corrected chi connectivity index (χ2v) is 8.61. The Morgan fingerprint density at radius 2 is 1.69 bits per heavy atom. The molecular formula is C26H24ClN7O. The predicted octanol–water partition coefficient (Wildman–Crippen LogP) is 4.59. The highest BCUT2D eigenvalue weighted by Crippen LogP contribution is 2.29. The van der Waals surface area contributed by atoms with E-state index >= 15 is 0 Å². The Labute approximate surface area is 207 Å². The molecule has 3 aromatic heterocycles. The molecule has 3 heterocycles. The van der Waals surface area contributed by atoms with Crippen LogP contribution in [0.1, 0.15) is 30.3 Å². The molecule has 0 aliphatic rings. The number of imidazole rings is 1. The smallest absolute Gasteiger partial charge is 0.289 e. The molecule has 0 aliphatic heterocycles. The molecular weight excluding hydrogens is 462 g/mol. The summed E-state index contributed by atoms with van der Waals surface area (Å²) in [6.45, 7) is 2.86. The number of pyridine rings is 1. The molecule has 0 fully saturated rings. The molecule has 176 valence electrons. The van der Waals surface area contributed by atoms with Crippen LogP contribution in [0, 0.1) is 0 Å². The van der Waals surface area contributed by atoms with Crippen LogP contribution >= 0.6 is 11.6 Å². The van der Waals surface area contributed by atoms with Gasteiger partial charge in [-0.25, -0.2) is 4.79 Å². The van der Waals surface area contributed by atoms with Crippen molar-refractivity contribution in [2.45, 2.75) is 32.9 Å².